The van der Waals surface area contributed by atoms with E-state index in [1.54, 1.807) is 39.4 Å². The summed E-state index contributed by atoms with van der Waals surface area (Å²) in [5.74, 6) is 0.586. The smallest absolute Gasteiger partial charge is 0.446 e. The molecule has 0 fully saturated rings. The van der Waals surface area contributed by atoms with Crippen LogP contribution in [0.25, 0.3) is 6.08 Å². The fraction of sp³-hybridized carbons (Fsp3) is 0.229. The lowest BCUT2D eigenvalue weighted by atomic mass is 9.96. The van der Waals surface area contributed by atoms with E-state index in [1.165, 1.54) is 13.2 Å². The number of methoxy groups -OCH3 is 2. The summed E-state index contributed by atoms with van der Waals surface area (Å²) in [6, 6.07) is 24.7. The molecule has 4 aromatic rings. The van der Waals surface area contributed by atoms with Crippen molar-refractivity contribution in [2.45, 2.75) is 38.8 Å². The van der Waals surface area contributed by atoms with E-state index in [-0.39, 0.29) is 6.10 Å². The molecule has 2 heterocycles. The molecule has 0 spiro atoms. The van der Waals surface area contributed by atoms with E-state index < -0.39 is 11.9 Å². The number of esters is 1. The molecule has 2 atom stereocenters. The molecule has 2 aliphatic rings. The van der Waals surface area contributed by atoms with Crippen LogP contribution in [-0.4, -0.2) is 20.2 Å². The molecule has 0 radical (unpaired) electrons. The topological polar surface area (TPSA) is 81.7 Å². The third-order valence-corrected chi connectivity index (χ3v) is 7.48. The van der Waals surface area contributed by atoms with Gasteiger partial charge in [0.15, 0.2) is 0 Å². The number of ether oxygens (including phenoxy) is 7. The zero-order chi connectivity index (χ0) is 30.0. The molecule has 8 nitrogen and oxygen atoms in total. The van der Waals surface area contributed by atoms with Crippen molar-refractivity contribution in [1.82, 2.24) is 0 Å². The van der Waals surface area contributed by atoms with Crippen molar-refractivity contribution in [3.05, 3.63) is 113 Å². The molecule has 0 amide bonds. The maximum Gasteiger partial charge on any atom is 0.446 e. The summed E-state index contributed by atoms with van der Waals surface area (Å²) in [5.41, 5.74) is 3.90. The lowest BCUT2D eigenvalue weighted by molar-refractivity contribution is -0.285. The van der Waals surface area contributed by atoms with Crippen molar-refractivity contribution < 1.29 is 38.0 Å². The second kappa shape index (κ2) is 11.6. The lowest BCUT2D eigenvalue weighted by Gasteiger charge is -2.33. The predicted molar refractivity (Wildman–Crippen MR) is 160 cm³/mol. The number of benzene rings is 4. The van der Waals surface area contributed by atoms with Gasteiger partial charge in [0.05, 0.1) is 31.6 Å². The lowest BCUT2D eigenvalue weighted by Crippen LogP contribution is -2.41. The molecule has 1 unspecified atom stereocenters. The Morgan fingerprint density at radius 1 is 0.907 bits per heavy atom. The summed E-state index contributed by atoms with van der Waals surface area (Å²) < 4.78 is 43.0. The third kappa shape index (κ3) is 5.44. The van der Waals surface area contributed by atoms with Crippen LogP contribution in [0.15, 0.2) is 85.1 Å². The van der Waals surface area contributed by atoms with Gasteiger partial charge in [0.1, 0.15) is 40.6 Å². The van der Waals surface area contributed by atoms with Gasteiger partial charge in [-0.05, 0) is 43.5 Å². The van der Waals surface area contributed by atoms with Crippen LogP contribution in [0, 0.1) is 6.92 Å². The molecule has 43 heavy (non-hydrogen) atoms. The quantitative estimate of drug-likeness (QED) is 0.167. The van der Waals surface area contributed by atoms with Crippen LogP contribution in [0.4, 0.5) is 0 Å². The Labute approximate surface area is 250 Å². The van der Waals surface area contributed by atoms with Crippen molar-refractivity contribution in [1.29, 1.82) is 0 Å². The minimum atomic E-state index is -1.77. The zero-order valence-corrected chi connectivity index (χ0v) is 24.4. The monoisotopic (exact) mass is 580 g/mol. The average molecular weight is 581 g/mol. The van der Waals surface area contributed by atoms with Crippen LogP contribution >= 0.6 is 0 Å². The Hall–Kier alpha value is -5.11. The van der Waals surface area contributed by atoms with Gasteiger partial charge in [-0.15, -0.1) is 0 Å². The Morgan fingerprint density at radius 3 is 2.35 bits per heavy atom. The molecule has 0 aliphatic carbocycles. The highest BCUT2D eigenvalue weighted by molar-refractivity contribution is 5.74. The second-order valence-electron chi connectivity index (χ2n) is 10.2. The highest BCUT2D eigenvalue weighted by Gasteiger charge is 2.43. The van der Waals surface area contributed by atoms with E-state index in [2.05, 4.69) is 12.1 Å². The van der Waals surface area contributed by atoms with Gasteiger partial charge < -0.3 is 33.2 Å². The van der Waals surface area contributed by atoms with E-state index >= 15 is 0 Å². The summed E-state index contributed by atoms with van der Waals surface area (Å²) in [4.78, 5) is 11.9. The number of hydrogen-bond acceptors (Lipinski definition) is 8. The minimum Gasteiger partial charge on any atom is -0.496 e. The van der Waals surface area contributed by atoms with Crippen LogP contribution in [0.1, 0.15) is 47.3 Å². The standard InChI is InChI=1S/C35H32O8/c1-22-30(40-23(2)36)21-33-28(34(22)38-4)17-18-39-35(43-33,25-13-9-6-10-14-25)42-26-19-31(37-3)27-15-16-29(41-32(27)20-26)24-11-7-5-8-12-24/h5-14,17-21,29H,15-16H2,1-4H3/t29-,35?/m0/s1. The van der Waals surface area contributed by atoms with E-state index in [0.717, 1.165) is 24.0 Å². The van der Waals surface area contributed by atoms with Gasteiger partial charge in [0, 0.05) is 36.2 Å². The molecule has 0 N–H and O–H groups in total. The largest absolute Gasteiger partial charge is 0.496 e. The molecular weight excluding hydrogens is 548 g/mol. The van der Waals surface area contributed by atoms with Crippen molar-refractivity contribution in [2.75, 3.05) is 14.2 Å². The molecule has 0 saturated heterocycles. The molecule has 0 aromatic heterocycles. The van der Waals surface area contributed by atoms with Gasteiger partial charge in [-0.1, -0.05) is 48.5 Å². The molecule has 6 rings (SSSR count). The van der Waals surface area contributed by atoms with Crippen molar-refractivity contribution >= 4 is 12.0 Å². The molecule has 220 valence electrons. The van der Waals surface area contributed by atoms with Crippen LogP contribution in [0.5, 0.6) is 34.5 Å². The zero-order valence-electron chi connectivity index (χ0n) is 24.4. The molecule has 0 bridgehead atoms. The summed E-state index contributed by atoms with van der Waals surface area (Å²) in [6.07, 6.45) is 4.73. The third-order valence-electron chi connectivity index (χ3n) is 7.48. The fourth-order valence-electron chi connectivity index (χ4n) is 5.46. The van der Waals surface area contributed by atoms with Crippen LogP contribution in [0.2, 0.25) is 0 Å². The Balaban J connectivity index is 1.44. The summed E-state index contributed by atoms with van der Waals surface area (Å²) in [5, 5.41) is 0. The van der Waals surface area contributed by atoms with E-state index in [9.17, 15) is 4.79 Å². The van der Waals surface area contributed by atoms with E-state index in [1.807, 2.05) is 54.6 Å². The van der Waals surface area contributed by atoms with Gasteiger partial charge in [-0.25, -0.2) is 0 Å². The number of fused-ring (bicyclic) bond motifs is 2. The van der Waals surface area contributed by atoms with Crippen molar-refractivity contribution in [2.24, 2.45) is 0 Å². The molecule has 8 heteroatoms. The fourth-order valence-corrected chi connectivity index (χ4v) is 5.46. The number of rotatable bonds is 7. The van der Waals surface area contributed by atoms with Crippen molar-refractivity contribution in [3.8, 4) is 34.5 Å². The van der Waals surface area contributed by atoms with Gasteiger partial charge in [-0.3, -0.25) is 4.79 Å². The number of hydrogen-bond donors (Lipinski definition) is 0. The molecule has 2 aliphatic heterocycles. The van der Waals surface area contributed by atoms with Gasteiger partial charge in [0.2, 0.25) is 0 Å². The van der Waals surface area contributed by atoms with Gasteiger partial charge in [-0.2, -0.15) is 0 Å². The van der Waals surface area contributed by atoms with Crippen LogP contribution < -0.4 is 28.4 Å². The normalized spacial score (nSPS) is 18.5. The number of carbonyl (C=O) groups is 1. The first-order chi connectivity index (χ1) is 20.9. The first-order valence-corrected chi connectivity index (χ1v) is 14.0. The SMILES string of the molecule is COc1cc(OC2(c3ccccc3)OC=Cc3c(cc(OC(C)=O)c(C)c3OC)O2)cc2c1CC[C@@H](c1ccccc1)O2. The first-order valence-electron chi connectivity index (χ1n) is 14.0. The van der Waals surface area contributed by atoms with E-state index in [4.69, 9.17) is 33.2 Å². The summed E-state index contributed by atoms with van der Waals surface area (Å²) >= 11 is 0. The number of carbonyl (C=O) groups excluding carboxylic acids is 1. The van der Waals surface area contributed by atoms with E-state index in [0.29, 0.717) is 51.2 Å². The van der Waals surface area contributed by atoms with Crippen LogP contribution in [0.3, 0.4) is 0 Å². The predicted octanol–water partition coefficient (Wildman–Crippen LogP) is 7.27. The summed E-state index contributed by atoms with van der Waals surface area (Å²) in [7, 11) is 3.17. The molecular formula is C35H32O8. The Bertz CT molecular complexity index is 1670. The highest BCUT2D eigenvalue weighted by atomic mass is 16.9. The average Bonchev–Trinajstić information content (AvgIpc) is 3.21. The highest BCUT2D eigenvalue weighted by Crippen LogP contribution is 2.47. The van der Waals surface area contributed by atoms with Gasteiger partial charge in [0.25, 0.3) is 0 Å². The Morgan fingerprint density at radius 2 is 1.65 bits per heavy atom. The van der Waals surface area contributed by atoms with Crippen molar-refractivity contribution in [3.63, 3.8) is 0 Å². The minimum absolute atomic E-state index is 0.104. The molecule has 0 saturated carbocycles. The maximum atomic E-state index is 11.9. The second-order valence-corrected chi connectivity index (χ2v) is 10.2. The summed E-state index contributed by atoms with van der Waals surface area (Å²) in [6.45, 7) is 3.15. The van der Waals surface area contributed by atoms with Gasteiger partial charge >= 0.3 is 11.9 Å². The molecule has 4 aromatic carbocycles. The first kappa shape index (κ1) is 28.0. The van der Waals surface area contributed by atoms with Crippen LogP contribution in [-0.2, 0) is 21.9 Å². The Kier molecular flexibility index (Phi) is 7.59. The maximum absolute atomic E-state index is 11.9.